The zero-order valence-corrected chi connectivity index (χ0v) is 24.6. The minimum atomic E-state index is -3.61. The summed E-state index contributed by atoms with van der Waals surface area (Å²) in [7, 11) is 2.00. The third kappa shape index (κ3) is 7.64. The Balaban J connectivity index is 0.00000481. The number of ether oxygens (including phenoxy) is 1. The van der Waals surface area contributed by atoms with Gasteiger partial charge in [-0.1, -0.05) is 31.6 Å². The van der Waals surface area contributed by atoms with E-state index in [1.807, 2.05) is 46.1 Å². The van der Waals surface area contributed by atoms with Crippen LogP contribution in [0.2, 0.25) is 0 Å². The first-order chi connectivity index (χ1) is 17.2. The number of carbonyl (C=O) groups is 1. The fourth-order valence-electron chi connectivity index (χ4n) is 3.82. The van der Waals surface area contributed by atoms with Gasteiger partial charge in [-0.2, -0.15) is 4.31 Å². The third-order valence-electron chi connectivity index (χ3n) is 5.90. The number of halogens is 1. The molecule has 0 saturated carbocycles. The molecule has 0 saturated heterocycles. The lowest BCUT2D eigenvalue weighted by molar-refractivity contribution is 0.0986. The highest BCUT2D eigenvalue weighted by Gasteiger charge is 2.25. The number of aromatic nitrogens is 1. The van der Waals surface area contributed by atoms with Gasteiger partial charge in [-0.15, -0.1) is 12.4 Å². The van der Waals surface area contributed by atoms with E-state index in [1.165, 1.54) is 27.8 Å². The zero-order valence-electron chi connectivity index (χ0n) is 22.1. The summed E-state index contributed by atoms with van der Waals surface area (Å²) >= 11 is 1.44. The molecule has 204 valence electrons. The van der Waals surface area contributed by atoms with Crippen LogP contribution in [0.1, 0.15) is 43.5 Å². The molecule has 0 spiro atoms. The smallest absolute Gasteiger partial charge is 0.260 e. The molecule has 1 aromatic heterocycles. The summed E-state index contributed by atoms with van der Waals surface area (Å²) in [4.78, 5) is 22.3. The van der Waals surface area contributed by atoms with Gasteiger partial charge in [-0.05, 0) is 75.9 Å². The topological polar surface area (TPSA) is 83.1 Å². The molecule has 3 rings (SSSR count). The normalized spacial score (nSPS) is 11.6. The van der Waals surface area contributed by atoms with Crippen LogP contribution in [-0.4, -0.2) is 75.9 Å². The van der Waals surface area contributed by atoms with E-state index in [0.717, 1.165) is 41.8 Å². The number of methoxy groups -OCH3 is 1. The van der Waals surface area contributed by atoms with E-state index >= 15 is 0 Å². The van der Waals surface area contributed by atoms with Gasteiger partial charge in [0.05, 0.1) is 22.2 Å². The average Bonchev–Trinajstić information content (AvgIpc) is 3.29. The van der Waals surface area contributed by atoms with Crippen molar-refractivity contribution in [1.82, 2.24) is 14.2 Å². The summed E-state index contributed by atoms with van der Waals surface area (Å²) in [6.45, 7) is 6.08. The van der Waals surface area contributed by atoms with Crippen molar-refractivity contribution < 1.29 is 17.9 Å². The first-order valence-corrected chi connectivity index (χ1v) is 14.5. The summed E-state index contributed by atoms with van der Waals surface area (Å²) in [5.74, 6) is 0.530. The van der Waals surface area contributed by atoms with Crippen molar-refractivity contribution in [1.29, 1.82) is 0 Å². The molecule has 11 heteroatoms. The molecule has 3 aromatic rings. The monoisotopic (exact) mass is 568 g/mol. The highest BCUT2D eigenvalue weighted by Crippen LogP contribution is 2.32. The summed E-state index contributed by atoms with van der Waals surface area (Å²) in [6, 6.07) is 11.9. The SMILES string of the molecule is CCCCN(CC)S(=O)(=O)c1ccc(C(=O)N(CCCN(C)C)c2nc3ccc(OC)cc3s2)cc1.Cl. The van der Waals surface area contributed by atoms with Gasteiger partial charge < -0.3 is 9.64 Å². The number of amides is 1. The molecule has 1 amide bonds. The van der Waals surface area contributed by atoms with E-state index in [0.29, 0.717) is 30.3 Å². The predicted molar refractivity (Wildman–Crippen MR) is 154 cm³/mol. The molecule has 0 aliphatic carbocycles. The predicted octanol–water partition coefficient (Wildman–Crippen LogP) is 5.14. The van der Waals surface area contributed by atoms with Gasteiger partial charge >= 0.3 is 0 Å². The minimum Gasteiger partial charge on any atom is -0.497 e. The Morgan fingerprint density at radius 2 is 1.70 bits per heavy atom. The molecular formula is C26H37ClN4O4S2. The number of anilines is 1. The number of nitrogens with zero attached hydrogens (tertiary/aromatic N) is 4. The molecule has 0 aliphatic heterocycles. The number of sulfonamides is 1. The Labute approximate surface area is 230 Å². The van der Waals surface area contributed by atoms with Crippen molar-refractivity contribution in [2.45, 2.75) is 38.0 Å². The van der Waals surface area contributed by atoms with Crippen LogP contribution in [0.15, 0.2) is 47.4 Å². The molecule has 2 aromatic carbocycles. The van der Waals surface area contributed by atoms with E-state index in [1.54, 1.807) is 24.1 Å². The molecule has 8 nitrogen and oxygen atoms in total. The molecule has 0 fully saturated rings. The number of unbranched alkanes of at least 4 members (excludes halogenated alkanes) is 1. The number of hydrogen-bond donors (Lipinski definition) is 0. The average molecular weight is 569 g/mol. The summed E-state index contributed by atoms with van der Waals surface area (Å²) in [5, 5.41) is 0.607. The van der Waals surface area contributed by atoms with Crippen LogP contribution in [-0.2, 0) is 10.0 Å². The van der Waals surface area contributed by atoms with Crippen molar-refractivity contribution >= 4 is 55.0 Å². The van der Waals surface area contributed by atoms with Crippen LogP contribution in [0.4, 0.5) is 5.13 Å². The van der Waals surface area contributed by atoms with Crippen LogP contribution >= 0.6 is 23.7 Å². The molecule has 1 heterocycles. The largest absolute Gasteiger partial charge is 0.497 e. The molecule has 37 heavy (non-hydrogen) atoms. The maximum absolute atomic E-state index is 13.6. The lowest BCUT2D eigenvalue weighted by atomic mass is 10.2. The van der Waals surface area contributed by atoms with Gasteiger partial charge in [0.2, 0.25) is 10.0 Å². The number of rotatable bonds is 13. The maximum atomic E-state index is 13.6. The van der Waals surface area contributed by atoms with Crippen LogP contribution in [0, 0.1) is 0 Å². The highest BCUT2D eigenvalue weighted by atomic mass is 35.5. The van der Waals surface area contributed by atoms with E-state index in [4.69, 9.17) is 9.72 Å². The molecule has 0 bridgehead atoms. The van der Waals surface area contributed by atoms with Gasteiger partial charge in [-0.25, -0.2) is 13.4 Å². The van der Waals surface area contributed by atoms with Gasteiger partial charge in [0.15, 0.2) is 5.13 Å². The first-order valence-electron chi connectivity index (χ1n) is 12.2. The molecule has 0 atom stereocenters. The van der Waals surface area contributed by atoms with Crippen molar-refractivity contribution in [3.05, 3.63) is 48.0 Å². The third-order valence-corrected chi connectivity index (χ3v) is 8.93. The van der Waals surface area contributed by atoms with E-state index in [9.17, 15) is 13.2 Å². The molecule has 0 unspecified atom stereocenters. The molecular weight excluding hydrogens is 532 g/mol. The molecule has 0 radical (unpaired) electrons. The van der Waals surface area contributed by atoms with Crippen molar-refractivity contribution in [2.75, 3.05) is 52.3 Å². The fourth-order valence-corrected chi connectivity index (χ4v) is 6.33. The second kappa shape index (κ2) is 14.1. The molecule has 0 N–H and O–H groups in total. The number of carbonyl (C=O) groups excluding carboxylic acids is 1. The van der Waals surface area contributed by atoms with Gasteiger partial charge in [0.1, 0.15) is 5.75 Å². The number of thiazole rings is 1. The Morgan fingerprint density at radius 3 is 2.30 bits per heavy atom. The van der Waals surface area contributed by atoms with Crippen molar-refractivity contribution in [3.63, 3.8) is 0 Å². The number of fused-ring (bicyclic) bond motifs is 1. The Morgan fingerprint density at radius 1 is 1.00 bits per heavy atom. The first kappa shape index (κ1) is 31.0. The van der Waals surface area contributed by atoms with Crippen LogP contribution in [0.3, 0.4) is 0 Å². The summed E-state index contributed by atoms with van der Waals surface area (Å²) in [6.07, 6.45) is 2.49. The van der Waals surface area contributed by atoms with Crippen LogP contribution in [0.25, 0.3) is 10.2 Å². The minimum absolute atomic E-state index is 0. The Bertz CT molecular complexity index is 1260. The van der Waals surface area contributed by atoms with Gasteiger partial charge in [0.25, 0.3) is 5.91 Å². The standard InChI is InChI=1S/C26H36N4O4S2.ClH/c1-6-8-17-29(7-2)36(32,33)22-13-10-20(11-14-22)25(31)30(18-9-16-28(3)4)26-27-23-15-12-21(34-5)19-24(23)35-26;/h10-15,19H,6-9,16-18H2,1-5H3;1H. The summed E-state index contributed by atoms with van der Waals surface area (Å²) < 4.78 is 33.9. The van der Waals surface area contributed by atoms with E-state index in [2.05, 4.69) is 4.90 Å². The zero-order chi connectivity index (χ0) is 26.3. The lowest BCUT2D eigenvalue weighted by Gasteiger charge is -2.22. The van der Waals surface area contributed by atoms with Gasteiger partial charge in [-0.3, -0.25) is 9.69 Å². The quantitative estimate of drug-likeness (QED) is 0.284. The lowest BCUT2D eigenvalue weighted by Crippen LogP contribution is -2.34. The van der Waals surface area contributed by atoms with E-state index in [-0.39, 0.29) is 23.2 Å². The van der Waals surface area contributed by atoms with Gasteiger partial charge in [0, 0.05) is 25.2 Å². The molecule has 0 aliphatic rings. The second-order valence-corrected chi connectivity index (χ2v) is 11.8. The fraction of sp³-hybridized carbons (Fsp3) is 0.462. The van der Waals surface area contributed by atoms with Crippen molar-refractivity contribution in [3.8, 4) is 5.75 Å². The number of hydrogen-bond acceptors (Lipinski definition) is 7. The summed E-state index contributed by atoms with van der Waals surface area (Å²) in [5.41, 5.74) is 1.22. The second-order valence-electron chi connectivity index (χ2n) is 8.82. The highest BCUT2D eigenvalue weighted by molar-refractivity contribution is 7.89. The van der Waals surface area contributed by atoms with E-state index < -0.39 is 10.0 Å². The van der Waals surface area contributed by atoms with Crippen LogP contribution in [0.5, 0.6) is 5.75 Å². The van der Waals surface area contributed by atoms with Crippen molar-refractivity contribution in [2.24, 2.45) is 0 Å². The Kier molecular flexibility index (Phi) is 11.8. The Hall–Kier alpha value is -2.24. The van der Waals surface area contributed by atoms with Crippen LogP contribution < -0.4 is 9.64 Å². The number of benzene rings is 2. The maximum Gasteiger partial charge on any atom is 0.260 e.